The van der Waals surface area contributed by atoms with Gasteiger partial charge in [-0.05, 0) is 12.5 Å². The normalized spacial score (nSPS) is 8.53. The number of hydrogen-bond donors (Lipinski definition) is 0. The highest BCUT2D eigenvalue weighted by atomic mass is 16.5. The van der Waals surface area contributed by atoms with Crippen molar-refractivity contribution in [3.8, 4) is 12.1 Å². The van der Waals surface area contributed by atoms with Crippen LogP contribution in [0.25, 0.3) is 5.76 Å². The van der Waals surface area contributed by atoms with Crippen molar-refractivity contribution in [3.05, 3.63) is 41.0 Å². The van der Waals surface area contributed by atoms with Crippen molar-refractivity contribution in [2.24, 2.45) is 0 Å². The maximum atomic E-state index is 8.77. The molecule has 0 N–H and O–H groups in total. The summed E-state index contributed by atoms with van der Waals surface area (Å²) in [5.41, 5.74) is 1.74. The minimum atomic E-state index is -0.00759. The molecule has 0 aliphatic carbocycles. The summed E-state index contributed by atoms with van der Waals surface area (Å²) in [6, 6.07) is 11.1. The summed E-state index contributed by atoms with van der Waals surface area (Å²) in [5, 5.41) is 17.5. The largest absolute Gasteiger partial charge is 0.494 e. The fraction of sp³-hybridized carbons (Fsp3) is 0.167. The lowest BCUT2D eigenvalue weighted by molar-refractivity contribution is 0.368. The SMILES string of the molecule is COC(=C(C#N)C#N)c1ccccc1C. The van der Waals surface area contributed by atoms with E-state index in [1.165, 1.54) is 7.11 Å². The average molecular weight is 198 g/mol. The highest BCUT2D eigenvalue weighted by Crippen LogP contribution is 2.22. The lowest BCUT2D eigenvalue weighted by Crippen LogP contribution is -1.94. The molecule has 0 unspecified atom stereocenters. The molecule has 0 saturated heterocycles. The van der Waals surface area contributed by atoms with Crippen molar-refractivity contribution >= 4 is 5.76 Å². The third kappa shape index (κ3) is 2.15. The molecule has 0 saturated carbocycles. The van der Waals surface area contributed by atoms with Gasteiger partial charge in [0.25, 0.3) is 0 Å². The fourth-order valence-corrected chi connectivity index (χ4v) is 1.30. The molecular formula is C12H10N2O. The number of hydrogen-bond acceptors (Lipinski definition) is 3. The molecule has 0 atom stereocenters. The number of aryl methyl sites for hydroxylation is 1. The number of nitriles is 2. The van der Waals surface area contributed by atoms with E-state index in [2.05, 4.69) is 0 Å². The summed E-state index contributed by atoms with van der Waals surface area (Å²) in [5.74, 6) is 0.332. The molecule has 0 fully saturated rings. The molecule has 0 aliphatic rings. The predicted molar refractivity (Wildman–Crippen MR) is 56.3 cm³/mol. The van der Waals surface area contributed by atoms with Crippen molar-refractivity contribution < 1.29 is 4.74 Å². The summed E-state index contributed by atoms with van der Waals surface area (Å²) >= 11 is 0. The van der Waals surface area contributed by atoms with Gasteiger partial charge in [0, 0.05) is 5.56 Å². The van der Waals surface area contributed by atoms with E-state index in [1.54, 1.807) is 0 Å². The lowest BCUT2D eigenvalue weighted by atomic mass is 10.0. The minimum Gasteiger partial charge on any atom is -0.494 e. The van der Waals surface area contributed by atoms with Gasteiger partial charge in [-0.2, -0.15) is 10.5 Å². The van der Waals surface area contributed by atoms with Crippen LogP contribution < -0.4 is 0 Å². The number of benzene rings is 1. The van der Waals surface area contributed by atoms with Gasteiger partial charge in [0.15, 0.2) is 11.3 Å². The first-order valence-corrected chi connectivity index (χ1v) is 4.39. The Hall–Kier alpha value is -2.26. The standard InChI is InChI=1S/C12H10N2O/c1-9-5-3-4-6-11(9)12(15-2)10(7-13)8-14/h3-6H,1-2H3. The van der Waals surface area contributed by atoms with E-state index >= 15 is 0 Å². The molecule has 74 valence electrons. The lowest BCUT2D eigenvalue weighted by Gasteiger charge is -2.08. The molecule has 0 radical (unpaired) electrons. The number of nitrogens with zero attached hydrogens (tertiary/aromatic N) is 2. The highest BCUT2D eigenvalue weighted by Gasteiger charge is 2.11. The van der Waals surface area contributed by atoms with E-state index in [-0.39, 0.29) is 5.57 Å². The van der Waals surface area contributed by atoms with Gasteiger partial charge in [-0.3, -0.25) is 0 Å². The van der Waals surface area contributed by atoms with Gasteiger partial charge in [0.1, 0.15) is 12.1 Å². The third-order valence-corrected chi connectivity index (χ3v) is 2.04. The van der Waals surface area contributed by atoms with E-state index < -0.39 is 0 Å². The highest BCUT2D eigenvalue weighted by molar-refractivity contribution is 5.72. The van der Waals surface area contributed by atoms with E-state index in [4.69, 9.17) is 15.3 Å². The molecule has 3 heteroatoms. The van der Waals surface area contributed by atoms with E-state index in [0.717, 1.165) is 11.1 Å². The molecule has 1 rings (SSSR count). The van der Waals surface area contributed by atoms with Crippen LogP contribution in [-0.2, 0) is 4.74 Å². The first kappa shape index (κ1) is 10.8. The number of methoxy groups -OCH3 is 1. The Morgan fingerprint density at radius 1 is 1.20 bits per heavy atom. The van der Waals surface area contributed by atoms with Crippen LogP contribution in [0.5, 0.6) is 0 Å². The van der Waals surface area contributed by atoms with Gasteiger partial charge in [0.05, 0.1) is 7.11 Å². The number of rotatable bonds is 2. The summed E-state index contributed by atoms with van der Waals surface area (Å²) in [6.07, 6.45) is 0. The van der Waals surface area contributed by atoms with Crippen LogP contribution in [0.1, 0.15) is 11.1 Å². The van der Waals surface area contributed by atoms with Gasteiger partial charge >= 0.3 is 0 Å². The molecule has 1 aromatic carbocycles. The van der Waals surface area contributed by atoms with Crippen molar-refractivity contribution in [1.82, 2.24) is 0 Å². The van der Waals surface area contributed by atoms with E-state index in [9.17, 15) is 0 Å². The molecule has 0 aliphatic heterocycles. The van der Waals surface area contributed by atoms with Gasteiger partial charge < -0.3 is 4.74 Å². The van der Waals surface area contributed by atoms with Crippen LogP contribution in [0, 0.1) is 29.6 Å². The number of allylic oxidation sites excluding steroid dienone is 1. The van der Waals surface area contributed by atoms with E-state index in [1.807, 2.05) is 43.3 Å². The topological polar surface area (TPSA) is 56.8 Å². The zero-order valence-electron chi connectivity index (χ0n) is 8.61. The molecule has 1 aromatic rings. The van der Waals surface area contributed by atoms with Crippen molar-refractivity contribution in [2.75, 3.05) is 7.11 Å². The average Bonchev–Trinajstić information content (AvgIpc) is 2.27. The van der Waals surface area contributed by atoms with Gasteiger partial charge in [-0.25, -0.2) is 0 Å². The Morgan fingerprint density at radius 2 is 1.80 bits per heavy atom. The monoisotopic (exact) mass is 198 g/mol. The molecule has 0 bridgehead atoms. The van der Waals surface area contributed by atoms with Crippen LogP contribution in [-0.4, -0.2) is 7.11 Å². The number of ether oxygens (including phenoxy) is 1. The molecule has 0 amide bonds. The Balaban J connectivity index is 3.40. The second-order valence-electron chi connectivity index (χ2n) is 2.95. The second kappa shape index (κ2) is 4.83. The van der Waals surface area contributed by atoms with Crippen LogP contribution in [0.15, 0.2) is 29.8 Å². The zero-order valence-corrected chi connectivity index (χ0v) is 8.61. The summed E-state index contributed by atoms with van der Waals surface area (Å²) in [4.78, 5) is 0. The zero-order chi connectivity index (χ0) is 11.3. The first-order valence-electron chi connectivity index (χ1n) is 4.39. The molecule has 0 aromatic heterocycles. The fourth-order valence-electron chi connectivity index (χ4n) is 1.30. The predicted octanol–water partition coefficient (Wildman–Crippen LogP) is 2.40. The Morgan fingerprint density at radius 3 is 2.27 bits per heavy atom. The molecule has 0 heterocycles. The molecule has 0 spiro atoms. The maximum Gasteiger partial charge on any atom is 0.172 e. The van der Waals surface area contributed by atoms with Crippen LogP contribution in [0.3, 0.4) is 0 Å². The van der Waals surface area contributed by atoms with Gasteiger partial charge in [-0.1, -0.05) is 24.3 Å². The Kier molecular flexibility index (Phi) is 3.49. The summed E-state index contributed by atoms with van der Waals surface area (Å²) < 4.78 is 5.10. The van der Waals surface area contributed by atoms with Crippen molar-refractivity contribution in [1.29, 1.82) is 10.5 Å². The Labute approximate surface area is 88.8 Å². The quantitative estimate of drug-likeness (QED) is 0.541. The van der Waals surface area contributed by atoms with Crippen molar-refractivity contribution in [3.63, 3.8) is 0 Å². The first-order chi connectivity index (χ1) is 7.24. The summed E-state index contributed by atoms with van der Waals surface area (Å²) in [6.45, 7) is 1.90. The van der Waals surface area contributed by atoms with Gasteiger partial charge in [0.2, 0.25) is 0 Å². The van der Waals surface area contributed by atoms with Crippen LogP contribution in [0.4, 0.5) is 0 Å². The second-order valence-corrected chi connectivity index (χ2v) is 2.95. The van der Waals surface area contributed by atoms with E-state index in [0.29, 0.717) is 5.76 Å². The van der Waals surface area contributed by atoms with Crippen molar-refractivity contribution in [2.45, 2.75) is 6.92 Å². The molecular weight excluding hydrogens is 188 g/mol. The Bertz CT molecular complexity index is 459. The van der Waals surface area contributed by atoms with Gasteiger partial charge in [-0.15, -0.1) is 0 Å². The molecule has 3 nitrogen and oxygen atoms in total. The van der Waals surface area contributed by atoms with Crippen LogP contribution >= 0.6 is 0 Å². The van der Waals surface area contributed by atoms with Crippen LogP contribution in [0.2, 0.25) is 0 Å². The minimum absolute atomic E-state index is 0.00759. The summed E-state index contributed by atoms with van der Waals surface area (Å²) in [7, 11) is 1.45. The molecule has 15 heavy (non-hydrogen) atoms. The third-order valence-electron chi connectivity index (χ3n) is 2.04. The maximum absolute atomic E-state index is 8.77. The smallest absolute Gasteiger partial charge is 0.172 e.